The molecule has 1 aromatic rings. The van der Waals surface area contributed by atoms with Crippen LogP contribution in [-0.4, -0.2) is 52.9 Å². The van der Waals surface area contributed by atoms with E-state index in [1.54, 1.807) is 11.3 Å². The SMILES string of the molecule is Cc1nc(CN2CCN(C(=O)C3CCCC(N)C3)CC2)cs1. The number of rotatable bonds is 3. The van der Waals surface area contributed by atoms with Gasteiger partial charge in [0.2, 0.25) is 5.91 Å². The lowest BCUT2D eigenvalue weighted by Crippen LogP contribution is -2.51. The number of aryl methyl sites for hydroxylation is 1. The van der Waals surface area contributed by atoms with Crippen LogP contribution in [0, 0.1) is 12.8 Å². The Balaban J connectivity index is 1.47. The third-order valence-corrected chi connectivity index (χ3v) is 5.62. The molecule has 3 rings (SSSR count). The summed E-state index contributed by atoms with van der Waals surface area (Å²) in [5.41, 5.74) is 7.17. The van der Waals surface area contributed by atoms with Gasteiger partial charge in [-0.25, -0.2) is 4.98 Å². The second-order valence-electron chi connectivity index (χ2n) is 6.58. The topological polar surface area (TPSA) is 62.5 Å². The Morgan fingerprint density at radius 3 is 2.77 bits per heavy atom. The Morgan fingerprint density at radius 2 is 2.14 bits per heavy atom. The van der Waals surface area contributed by atoms with Gasteiger partial charge in [0.1, 0.15) is 0 Å². The first-order chi connectivity index (χ1) is 10.6. The van der Waals surface area contributed by atoms with E-state index in [0.717, 1.165) is 69.1 Å². The normalized spacial score (nSPS) is 27.1. The number of carbonyl (C=O) groups is 1. The molecule has 6 heteroatoms. The fraction of sp³-hybridized carbons (Fsp3) is 0.750. The molecule has 2 fully saturated rings. The van der Waals surface area contributed by atoms with Crippen molar-refractivity contribution in [3.8, 4) is 0 Å². The Labute approximate surface area is 136 Å². The Kier molecular flexibility index (Phi) is 5.10. The maximum Gasteiger partial charge on any atom is 0.225 e. The van der Waals surface area contributed by atoms with E-state index < -0.39 is 0 Å². The van der Waals surface area contributed by atoms with Crippen molar-refractivity contribution in [2.75, 3.05) is 26.2 Å². The van der Waals surface area contributed by atoms with Crippen LogP contribution in [0.2, 0.25) is 0 Å². The summed E-state index contributed by atoms with van der Waals surface area (Å²) >= 11 is 1.70. The number of nitrogens with two attached hydrogens (primary N) is 1. The van der Waals surface area contributed by atoms with E-state index >= 15 is 0 Å². The number of aromatic nitrogens is 1. The quantitative estimate of drug-likeness (QED) is 0.918. The first-order valence-corrected chi connectivity index (χ1v) is 9.17. The zero-order chi connectivity index (χ0) is 15.5. The van der Waals surface area contributed by atoms with E-state index in [0.29, 0.717) is 5.91 Å². The predicted octanol–water partition coefficient (Wildman–Crippen LogP) is 1.61. The molecule has 0 aromatic carbocycles. The zero-order valence-electron chi connectivity index (χ0n) is 13.3. The zero-order valence-corrected chi connectivity index (χ0v) is 14.1. The van der Waals surface area contributed by atoms with Crippen LogP contribution >= 0.6 is 11.3 Å². The van der Waals surface area contributed by atoms with E-state index in [9.17, 15) is 4.79 Å². The molecule has 1 amide bonds. The Hall–Kier alpha value is -0.980. The molecule has 22 heavy (non-hydrogen) atoms. The van der Waals surface area contributed by atoms with E-state index in [-0.39, 0.29) is 12.0 Å². The number of amides is 1. The van der Waals surface area contributed by atoms with Gasteiger partial charge in [-0.1, -0.05) is 6.42 Å². The lowest BCUT2D eigenvalue weighted by Gasteiger charge is -2.37. The summed E-state index contributed by atoms with van der Waals surface area (Å²) in [6, 6.07) is 0.219. The molecule has 2 N–H and O–H groups in total. The van der Waals surface area contributed by atoms with Crippen LogP contribution in [0.5, 0.6) is 0 Å². The van der Waals surface area contributed by atoms with Gasteiger partial charge < -0.3 is 10.6 Å². The molecule has 5 nitrogen and oxygen atoms in total. The van der Waals surface area contributed by atoms with Gasteiger partial charge in [-0.15, -0.1) is 11.3 Å². The molecule has 0 radical (unpaired) electrons. The van der Waals surface area contributed by atoms with E-state index in [1.807, 2.05) is 11.8 Å². The number of hydrogen-bond donors (Lipinski definition) is 1. The molecule has 0 bridgehead atoms. The monoisotopic (exact) mass is 322 g/mol. The van der Waals surface area contributed by atoms with Crippen molar-refractivity contribution < 1.29 is 4.79 Å². The lowest BCUT2D eigenvalue weighted by atomic mass is 9.85. The van der Waals surface area contributed by atoms with Gasteiger partial charge in [0.15, 0.2) is 0 Å². The van der Waals surface area contributed by atoms with Gasteiger partial charge in [-0.3, -0.25) is 9.69 Å². The molecular weight excluding hydrogens is 296 g/mol. The summed E-state index contributed by atoms with van der Waals surface area (Å²) in [5, 5.41) is 3.26. The van der Waals surface area contributed by atoms with Crippen LogP contribution in [0.4, 0.5) is 0 Å². The highest BCUT2D eigenvalue weighted by molar-refractivity contribution is 7.09. The van der Waals surface area contributed by atoms with E-state index in [1.165, 1.54) is 0 Å². The van der Waals surface area contributed by atoms with Crippen LogP contribution in [0.3, 0.4) is 0 Å². The first-order valence-electron chi connectivity index (χ1n) is 8.29. The largest absolute Gasteiger partial charge is 0.340 e. The van der Waals surface area contributed by atoms with Gasteiger partial charge in [0, 0.05) is 50.1 Å². The minimum Gasteiger partial charge on any atom is -0.340 e. The van der Waals surface area contributed by atoms with Gasteiger partial charge in [-0.05, 0) is 26.2 Å². The second kappa shape index (κ2) is 7.06. The van der Waals surface area contributed by atoms with Gasteiger partial charge in [0.05, 0.1) is 10.7 Å². The summed E-state index contributed by atoms with van der Waals surface area (Å²) < 4.78 is 0. The van der Waals surface area contributed by atoms with Crippen LogP contribution in [0.25, 0.3) is 0 Å². The maximum absolute atomic E-state index is 12.6. The minimum absolute atomic E-state index is 0.163. The summed E-state index contributed by atoms with van der Waals surface area (Å²) in [7, 11) is 0. The molecule has 1 saturated heterocycles. The highest BCUT2D eigenvalue weighted by Crippen LogP contribution is 2.25. The first kappa shape index (κ1) is 15.9. The number of carbonyl (C=O) groups excluding carboxylic acids is 1. The van der Waals surface area contributed by atoms with Crippen molar-refractivity contribution >= 4 is 17.2 Å². The molecule has 2 atom stereocenters. The van der Waals surface area contributed by atoms with Crippen LogP contribution < -0.4 is 5.73 Å². The number of nitrogens with zero attached hydrogens (tertiary/aromatic N) is 3. The maximum atomic E-state index is 12.6. The molecule has 1 aliphatic heterocycles. The van der Waals surface area contributed by atoms with Crippen LogP contribution in [-0.2, 0) is 11.3 Å². The average molecular weight is 322 g/mol. The van der Waals surface area contributed by atoms with Crippen molar-refractivity contribution in [1.82, 2.24) is 14.8 Å². The summed E-state index contributed by atoms with van der Waals surface area (Å²) in [6.07, 6.45) is 4.06. The standard InChI is InChI=1S/C16H26N4OS/c1-12-18-15(11-22-12)10-19-5-7-20(8-6-19)16(21)13-3-2-4-14(17)9-13/h11,13-14H,2-10,17H2,1H3. The molecule has 1 saturated carbocycles. The fourth-order valence-electron chi connectivity index (χ4n) is 3.55. The highest BCUT2D eigenvalue weighted by atomic mass is 32.1. The predicted molar refractivity (Wildman–Crippen MR) is 88.6 cm³/mol. The molecule has 2 aliphatic rings. The highest BCUT2D eigenvalue weighted by Gasteiger charge is 2.30. The third-order valence-electron chi connectivity index (χ3n) is 4.80. The Bertz CT molecular complexity index is 510. The average Bonchev–Trinajstić information content (AvgIpc) is 2.92. The molecule has 122 valence electrons. The van der Waals surface area contributed by atoms with Crippen molar-refractivity contribution in [3.63, 3.8) is 0 Å². The van der Waals surface area contributed by atoms with Gasteiger partial charge in [-0.2, -0.15) is 0 Å². The van der Waals surface area contributed by atoms with Crippen molar-refractivity contribution in [2.24, 2.45) is 11.7 Å². The molecule has 2 heterocycles. The third kappa shape index (κ3) is 3.86. The number of piperazine rings is 1. The lowest BCUT2D eigenvalue weighted by molar-refractivity contribution is -0.138. The molecule has 1 aliphatic carbocycles. The van der Waals surface area contributed by atoms with Crippen LogP contribution in [0.1, 0.15) is 36.4 Å². The van der Waals surface area contributed by atoms with Gasteiger partial charge >= 0.3 is 0 Å². The second-order valence-corrected chi connectivity index (χ2v) is 7.65. The summed E-state index contributed by atoms with van der Waals surface area (Å²) in [4.78, 5) is 21.6. The molecule has 0 spiro atoms. The van der Waals surface area contributed by atoms with Gasteiger partial charge in [0.25, 0.3) is 0 Å². The Morgan fingerprint density at radius 1 is 1.36 bits per heavy atom. The molecular formula is C16H26N4OS. The fourth-order valence-corrected chi connectivity index (χ4v) is 4.15. The smallest absolute Gasteiger partial charge is 0.225 e. The summed E-state index contributed by atoms with van der Waals surface area (Å²) in [5.74, 6) is 0.496. The number of thiazole rings is 1. The van der Waals surface area contributed by atoms with E-state index in [4.69, 9.17) is 5.73 Å². The van der Waals surface area contributed by atoms with Crippen molar-refractivity contribution in [3.05, 3.63) is 16.1 Å². The van der Waals surface area contributed by atoms with E-state index in [2.05, 4.69) is 15.3 Å². The van der Waals surface area contributed by atoms with Crippen molar-refractivity contribution in [1.29, 1.82) is 0 Å². The van der Waals surface area contributed by atoms with Crippen molar-refractivity contribution in [2.45, 2.75) is 45.2 Å². The molecule has 2 unspecified atom stereocenters. The summed E-state index contributed by atoms with van der Waals surface area (Å²) in [6.45, 7) is 6.52. The van der Waals surface area contributed by atoms with Crippen LogP contribution in [0.15, 0.2) is 5.38 Å². The molecule has 1 aromatic heterocycles. The minimum atomic E-state index is 0.163. The number of hydrogen-bond acceptors (Lipinski definition) is 5.